The van der Waals surface area contributed by atoms with Crippen molar-refractivity contribution in [1.29, 1.82) is 5.26 Å². The predicted octanol–water partition coefficient (Wildman–Crippen LogP) is 1.56. The molecular formula is C33H32F6N8O7. The molecule has 9 N–H and O–H groups in total. The number of amides is 3. The molecule has 3 aliphatic rings. The molecule has 15 nitrogen and oxygen atoms in total. The van der Waals surface area contributed by atoms with Crippen molar-refractivity contribution in [3.8, 4) is 11.8 Å². The summed E-state index contributed by atoms with van der Waals surface area (Å²) in [7, 11) is 5.59. The Morgan fingerprint density at radius 1 is 0.926 bits per heavy atom. The molecule has 0 aromatic heterocycles. The first-order valence-corrected chi connectivity index (χ1v) is 15.7. The summed E-state index contributed by atoms with van der Waals surface area (Å²) in [4.78, 5) is 84.5. The van der Waals surface area contributed by atoms with Gasteiger partial charge in [-0.3, -0.25) is 28.9 Å². The van der Waals surface area contributed by atoms with E-state index in [9.17, 15) is 65.5 Å². The molecule has 288 valence electrons. The maximum atomic E-state index is 14.6. The topological polar surface area (TPSA) is 255 Å². The van der Waals surface area contributed by atoms with Gasteiger partial charge in [-0.2, -0.15) is 31.6 Å². The van der Waals surface area contributed by atoms with Gasteiger partial charge < -0.3 is 37.8 Å². The van der Waals surface area contributed by atoms with Gasteiger partial charge >= 0.3 is 18.4 Å². The highest BCUT2D eigenvalue weighted by Crippen LogP contribution is 2.57. The average Bonchev–Trinajstić information content (AvgIpc) is 3.00. The van der Waals surface area contributed by atoms with Crippen molar-refractivity contribution >= 4 is 52.1 Å². The quantitative estimate of drug-likeness (QED) is 0.144. The van der Waals surface area contributed by atoms with Gasteiger partial charge in [0.05, 0.1) is 40.0 Å². The number of carbonyl (C=O) groups is 6. The summed E-state index contributed by atoms with van der Waals surface area (Å²) >= 11 is 0. The Morgan fingerprint density at radius 2 is 1.48 bits per heavy atom. The smallest absolute Gasteiger partial charge is 0.416 e. The number of nitriles is 1. The van der Waals surface area contributed by atoms with Crippen LogP contribution in [0.15, 0.2) is 24.3 Å². The summed E-state index contributed by atoms with van der Waals surface area (Å²) < 4.78 is 80.3. The van der Waals surface area contributed by atoms with Crippen molar-refractivity contribution in [1.82, 2.24) is 4.90 Å². The molecule has 0 saturated heterocycles. The molecule has 3 aliphatic carbocycles. The number of ketones is 4. The van der Waals surface area contributed by atoms with Gasteiger partial charge in [0.25, 0.3) is 0 Å². The van der Waals surface area contributed by atoms with Gasteiger partial charge in [-0.1, -0.05) is 0 Å². The van der Waals surface area contributed by atoms with E-state index in [0.717, 1.165) is 6.07 Å². The van der Waals surface area contributed by atoms with E-state index in [2.05, 4.69) is 5.32 Å². The van der Waals surface area contributed by atoms with E-state index in [1.54, 1.807) is 6.07 Å². The minimum atomic E-state index is -5.24. The largest absolute Gasteiger partial charge is 0.505 e. The second kappa shape index (κ2) is 12.5. The number of urea groups is 1. The van der Waals surface area contributed by atoms with Gasteiger partial charge in [-0.25, -0.2) is 4.79 Å². The van der Waals surface area contributed by atoms with Gasteiger partial charge in [0.1, 0.15) is 11.7 Å². The Morgan fingerprint density at radius 3 is 1.94 bits per heavy atom. The van der Waals surface area contributed by atoms with Crippen LogP contribution in [-0.4, -0.2) is 90.4 Å². The molecule has 0 spiro atoms. The lowest BCUT2D eigenvalue weighted by atomic mass is 9.42. The van der Waals surface area contributed by atoms with Crippen LogP contribution in [0, 0.1) is 28.6 Å². The molecule has 2 aromatic carbocycles. The van der Waals surface area contributed by atoms with E-state index in [1.807, 2.05) is 5.32 Å². The zero-order valence-electron chi connectivity index (χ0n) is 28.7. The number of hydrogen-bond acceptors (Lipinski definition) is 12. The number of nitrogens with two attached hydrogens (primary N) is 3. The lowest BCUT2D eigenvalue weighted by molar-refractivity contribution is -0.166. The number of fused-ring (bicyclic) bond motifs is 3. The molecule has 2 saturated carbocycles. The molecule has 21 heteroatoms. The highest BCUT2D eigenvalue weighted by molar-refractivity contribution is 6.33. The second-order valence-corrected chi connectivity index (χ2v) is 14.0. The van der Waals surface area contributed by atoms with Crippen LogP contribution in [0.5, 0.6) is 5.75 Å². The number of hydrogen-bond donors (Lipinski definition) is 6. The standard InChI is InChI=1S/C33H32F6N8O7/c1-46(2)17-8-16(45-28(54)44-14-6-12(32(34,35)36)5-13(7-14)33(37,38)39)21(48)18-15(17)9-29(42)10-31(43)24(47(3)4)23(50)19(27(41)53)25(51)30(31,11-40)26(52)20(29)22(18)49/h5-8,19-20,24,48H,9-10,42-43H2,1-4H3,(H2,41,53)(H2,44,45,54)/t19?,20?,24-,29-,30+,31-/m1/s1. The molecule has 2 unspecified atom stereocenters. The van der Waals surface area contributed by atoms with E-state index in [-0.39, 0.29) is 29.4 Å². The minimum absolute atomic E-state index is 0.0226. The molecule has 3 amide bonds. The molecular weight excluding hydrogens is 734 g/mol. The fourth-order valence-electron chi connectivity index (χ4n) is 8.06. The summed E-state index contributed by atoms with van der Waals surface area (Å²) in [6.45, 7) is 0. The number of halogens is 6. The van der Waals surface area contributed by atoms with Crippen LogP contribution in [0.25, 0.3) is 0 Å². The normalized spacial score (nSPS) is 28.1. The van der Waals surface area contributed by atoms with Gasteiger partial charge in [-0.15, -0.1) is 0 Å². The fourth-order valence-corrected chi connectivity index (χ4v) is 8.06. The van der Waals surface area contributed by atoms with Crippen LogP contribution in [-0.2, 0) is 38.0 Å². The highest BCUT2D eigenvalue weighted by atomic mass is 19.4. The maximum Gasteiger partial charge on any atom is 0.416 e. The fraction of sp³-hybridized carbons (Fsp3) is 0.424. The van der Waals surface area contributed by atoms with Crippen LogP contribution >= 0.6 is 0 Å². The SMILES string of the molecule is CN(C)c1cc(NC(=O)Nc2cc(C(F)(F)F)cc(C(F)(F)F)c2)c(O)c2c1C[C@@]1(N)C[C@@]3(N)[C@H](N(C)C)C(=O)C(C(N)=O)C(=O)[C@@]3(C#N)C(=O)C1C2=O. The number of nitrogens with one attached hydrogen (secondary N) is 2. The summed E-state index contributed by atoms with van der Waals surface area (Å²) in [5.74, 6) is -12.3. The maximum absolute atomic E-state index is 14.6. The first-order chi connectivity index (χ1) is 24.7. The third-order valence-electron chi connectivity index (χ3n) is 10.1. The Hall–Kier alpha value is -5.59. The summed E-state index contributed by atoms with van der Waals surface area (Å²) in [6, 6.07) is -0.129. The van der Waals surface area contributed by atoms with Crippen LogP contribution in [0.2, 0.25) is 0 Å². The number of benzene rings is 2. The van der Waals surface area contributed by atoms with Crippen LogP contribution in [0.1, 0.15) is 33.5 Å². The molecule has 6 atom stereocenters. The number of rotatable bonds is 5. The number of anilines is 3. The number of aromatic hydroxyl groups is 1. The number of likely N-dealkylation sites (N-methyl/N-ethyl adjacent to an activating group) is 1. The summed E-state index contributed by atoms with van der Waals surface area (Å²) in [5.41, 5.74) is 5.88. The molecule has 0 heterocycles. The summed E-state index contributed by atoms with van der Waals surface area (Å²) in [6.07, 6.45) is -11.6. The van der Waals surface area contributed by atoms with E-state index in [0.29, 0.717) is 0 Å². The van der Waals surface area contributed by atoms with Crippen molar-refractivity contribution in [2.45, 2.75) is 42.3 Å². The zero-order valence-corrected chi connectivity index (χ0v) is 28.7. The Labute approximate surface area is 301 Å². The molecule has 2 fully saturated rings. The number of phenols is 1. The van der Waals surface area contributed by atoms with E-state index in [4.69, 9.17) is 17.2 Å². The first-order valence-electron chi connectivity index (χ1n) is 15.7. The Bertz CT molecular complexity index is 2070. The number of Topliss-reactive ketones (excluding diaryl/α,β-unsaturated/α-hetero) is 4. The van der Waals surface area contributed by atoms with Crippen molar-refractivity contribution in [2.24, 2.45) is 34.5 Å². The monoisotopic (exact) mass is 766 g/mol. The van der Waals surface area contributed by atoms with Gasteiger partial charge in [-0.05, 0) is 56.8 Å². The lowest BCUT2D eigenvalue weighted by Gasteiger charge is -2.60. The van der Waals surface area contributed by atoms with Crippen LogP contribution < -0.4 is 32.7 Å². The number of nitrogens with zero attached hydrogens (tertiary/aromatic N) is 3. The Kier molecular flexibility index (Phi) is 9.16. The van der Waals surface area contributed by atoms with Gasteiger partial charge in [0, 0.05) is 31.0 Å². The van der Waals surface area contributed by atoms with Crippen molar-refractivity contribution in [3.05, 3.63) is 46.5 Å². The highest BCUT2D eigenvalue weighted by Gasteiger charge is 2.78. The summed E-state index contributed by atoms with van der Waals surface area (Å²) in [5, 5.41) is 25.9. The molecule has 54 heavy (non-hydrogen) atoms. The lowest BCUT2D eigenvalue weighted by Crippen LogP contribution is -2.85. The van der Waals surface area contributed by atoms with Crippen molar-refractivity contribution in [2.75, 3.05) is 43.7 Å². The number of primary amides is 1. The van der Waals surface area contributed by atoms with E-state index in [1.165, 1.54) is 38.0 Å². The third kappa shape index (κ3) is 5.71. The molecule has 2 aromatic rings. The second-order valence-electron chi connectivity index (χ2n) is 14.0. The first kappa shape index (κ1) is 39.6. The van der Waals surface area contributed by atoms with Crippen molar-refractivity contribution < 1.29 is 60.2 Å². The molecule has 5 rings (SSSR count). The van der Waals surface area contributed by atoms with Crippen LogP contribution in [0.3, 0.4) is 0 Å². The van der Waals surface area contributed by atoms with Crippen molar-refractivity contribution in [3.63, 3.8) is 0 Å². The average molecular weight is 767 g/mol. The molecule has 0 aliphatic heterocycles. The van der Waals surface area contributed by atoms with E-state index >= 15 is 0 Å². The van der Waals surface area contributed by atoms with Crippen LogP contribution in [0.4, 0.5) is 48.2 Å². The van der Waals surface area contributed by atoms with Gasteiger partial charge in [0.2, 0.25) is 5.91 Å². The predicted molar refractivity (Wildman–Crippen MR) is 175 cm³/mol. The number of alkyl halides is 6. The number of phenolic OH excluding ortho intramolecular Hbond substituents is 1. The molecule has 0 radical (unpaired) electrons. The third-order valence-corrected chi connectivity index (χ3v) is 10.1. The van der Waals surface area contributed by atoms with E-state index < -0.39 is 128 Å². The Balaban J connectivity index is 1.63. The zero-order chi connectivity index (χ0) is 40.8. The van der Waals surface area contributed by atoms with Gasteiger partial charge in [0.15, 0.2) is 34.5 Å². The number of carbonyl (C=O) groups excluding carboxylic acids is 6. The molecule has 0 bridgehead atoms. The minimum Gasteiger partial charge on any atom is -0.505 e.